The molecule has 11 rings (SSSR count). The Morgan fingerprint density at radius 2 is 1.20 bits per heavy atom. The lowest BCUT2D eigenvalue weighted by Crippen LogP contribution is -2.38. The van der Waals surface area contributed by atoms with Crippen molar-refractivity contribution in [3.8, 4) is 22.3 Å². The fraction of sp³-hybridized carbons (Fsp3) is 0.132. The van der Waals surface area contributed by atoms with Crippen LogP contribution < -0.4 is 20.7 Å². The first-order chi connectivity index (χ1) is 27.3. The Morgan fingerprint density at radius 1 is 0.564 bits per heavy atom. The molecule has 1 aliphatic heterocycles. The maximum Gasteiger partial charge on any atom is 0.111 e. The van der Waals surface area contributed by atoms with Crippen molar-refractivity contribution >= 4 is 56.8 Å². The van der Waals surface area contributed by atoms with E-state index in [9.17, 15) is 0 Å². The maximum atomic E-state index is 3.89. The van der Waals surface area contributed by atoms with Crippen molar-refractivity contribution < 1.29 is 0 Å². The number of nitrogens with zero attached hydrogens (tertiary/aromatic N) is 1. The van der Waals surface area contributed by atoms with Crippen LogP contribution in [0.4, 0.5) is 17.1 Å². The van der Waals surface area contributed by atoms with Crippen molar-refractivity contribution in [1.82, 2.24) is 0 Å². The van der Waals surface area contributed by atoms with Crippen molar-refractivity contribution in [2.75, 3.05) is 10.2 Å². The van der Waals surface area contributed by atoms with E-state index in [1.165, 1.54) is 93.6 Å². The number of para-hydroxylation sites is 3. The molecule has 0 radical (unpaired) electrons. The number of fused-ring (bicyclic) bond motifs is 5. The number of hydrogen-bond acceptors (Lipinski definition) is 2. The Balaban J connectivity index is 1.06. The minimum atomic E-state index is 0.148. The normalized spacial score (nSPS) is 18.4. The van der Waals surface area contributed by atoms with Crippen LogP contribution in [0.1, 0.15) is 36.8 Å². The molecule has 2 nitrogen and oxygen atoms in total. The molecule has 1 N–H and O–H groups in total. The number of hydrogen-bond donors (Lipinski definition) is 1. The third kappa shape index (κ3) is 5.31. The number of anilines is 3. The molecule has 0 fully saturated rings. The molecule has 0 spiro atoms. The number of nitrogens with one attached hydrogen (secondary N) is 1. The highest BCUT2D eigenvalue weighted by Crippen LogP contribution is 2.45. The van der Waals surface area contributed by atoms with Gasteiger partial charge in [0, 0.05) is 11.6 Å². The summed E-state index contributed by atoms with van der Waals surface area (Å²) in [6.07, 6.45) is 20.3. The molecule has 2 unspecified atom stereocenters. The van der Waals surface area contributed by atoms with Crippen molar-refractivity contribution in [2.24, 2.45) is 5.92 Å². The van der Waals surface area contributed by atoms with E-state index in [2.05, 4.69) is 186 Å². The fourth-order valence-electron chi connectivity index (χ4n) is 9.85. The zero-order valence-electron chi connectivity index (χ0n) is 30.9. The van der Waals surface area contributed by atoms with Crippen LogP contribution in [0.2, 0.25) is 0 Å². The van der Waals surface area contributed by atoms with E-state index in [4.69, 9.17) is 0 Å². The number of benzene rings is 7. The Kier molecular flexibility index (Phi) is 7.69. The summed E-state index contributed by atoms with van der Waals surface area (Å²) in [5, 5.41) is 11.9. The third-order valence-electron chi connectivity index (χ3n) is 12.4. The highest BCUT2D eigenvalue weighted by molar-refractivity contribution is 6.03. The maximum absolute atomic E-state index is 3.89. The molecule has 0 amide bonds. The molecule has 0 saturated heterocycles. The Labute approximate surface area is 322 Å². The van der Waals surface area contributed by atoms with Gasteiger partial charge in [-0.05, 0) is 133 Å². The minimum absolute atomic E-state index is 0.148. The van der Waals surface area contributed by atoms with Crippen LogP contribution in [0.5, 0.6) is 0 Å². The molecule has 7 aromatic carbocycles. The molecule has 0 saturated carbocycles. The summed E-state index contributed by atoms with van der Waals surface area (Å²) >= 11 is 0. The summed E-state index contributed by atoms with van der Waals surface area (Å²) in [5.41, 5.74) is 14.9. The van der Waals surface area contributed by atoms with Gasteiger partial charge in [-0.15, -0.1) is 0 Å². The lowest BCUT2D eigenvalue weighted by molar-refractivity contribution is 0.550. The van der Waals surface area contributed by atoms with Crippen molar-refractivity contribution in [2.45, 2.75) is 38.3 Å². The fourth-order valence-corrected chi connectivity index (χ4v) is 9.85. The molecule has 2 atom stereocenters. The summed E-state index contributed by atoms with van der Waals surface area (Å²) in [7, 11) is 0. The first kappa shape index (κ1) is 32.1. The molecule has 3 aliphatic carbocycles. The van der Waals surface area contributed by atoms with Gasteiger partial charge in [0.25, 0.3) is 0 Å². The lowest BCUT2D eigenvalue weighted by atomic mass is 9.76. The van der Waals surface area contributed by atoms with Gasteiger partial charge in [0.05, 0.1) is 11.4 Å². The van der Waals surface area contributed by atoms with Gasteiger partial charge < -0.3 is 10.2 Å². The minimum Gasteiger partial charge on any atom is -0.363 e. The molecule has 7 aromatic rings. The zero-order chi connectivity index (χ0) is 36.3. The summed E-state index contributed by atoms with van der Waals surface area (Å²) in [6.45, 7) is 0. The second-order valence-corrected chi connectivity index (χ2v) is 15.4. The summed E-state index contributed by atoms with van der Waals surface area (Å²) in [6, 6.07) is 51.1. The van der Waals surface area contributed by atoms with Gasteiger partial charge in [-0.25, -0.2) is 0 Å². The average molecular weight is 707 g/mol. The number of rotatable bonds is 5. The van der Waals surface area contributed by atoms with Gasteiger partial charge in [-0.2, -0.15) is 0 Å². The van der Waals surface area contributed by atoms with Crippen LogP contribution >= 0.6 is 0 Å². The third-order valence-corrected chi connectivity index (χ3v) is 12.4. The molecule has 264 valence electrons. The summed E-state index contributed by atoms with van der Waals surface area (Å²) in [4.78, 5) is 2.49. The molecule has 4 aliphatic rings. The first-order valence-corrected chi connectivity index (χ1v) is 19.9. The van der Waals surface area contributed by atoms with Crippen molar-refractivity contribution in [3.63, 3.8) is 0 Å². The molecule has 0 aromatic heterocycles. The van der Waals surface area contributed by atoms with Gasteiger partial charge in [0.15, 0.2) is 0 Å². The molecule has 0 bridgehead atoms. The summed E-state index contributed by atoms with van der Waals surface area (Å²) < 4.78 is 0. The van der Waals surface area contributed by atoms with Crippen LogP contribution in [0.25, 0.3) is 62.0 Å². The van der Waals surface area contributed by atoms with Gasteiger partial charge in [0.1, 0.15) is 6.17 Å². The Hall–Kier alpha value is -6.38. The average Bonchev–Trinajstić information content (AvgIpc) is 3.65. The van der Waals surface area contributed by atoms with E-state index in [0.29, 0.717) is 5.92 Å². The highest BCUT2D eigenvalue weighted by atomic mass is 15.3. The van der Waals surface area contributed by atoms with Crippen LogP contribution in [0.15, 0.2) is 169 Å². The smallest absolute Gasteiger partial charge is 0.111 e. The van der Waals surface area contributed by atoms with E-state index in [0.717, 1.165) is 32.1 Å². The molecule has 1 heterocycles. The van der Waals surface area contributed by atoms with E-state index in [1.807, 2.05) is 0 Å². The molecule has 2 heteroatoms. The zero-order valence-corrected chi connectivity index (χ0v) is 30.9. The van der Waals surface area contributed by atoms with Gasteiger partial charge >= 0.3 is 0 Å². The van der Waals surface area contributed by atoms with Crippen LogP contribution in [0.3, 0.4) is 0 Å². The molecular formula is C53H42N2. The predicted octanol–water partition coefficient (Wildman–Crippen LogP) is 12.1. The number of allylic oxidation sites excluding steroid dienone is 4. The van der Waals surface area contributed by atoms with Crippen LogP contribution in [-0.2, 0) is 6.42 Å². The van der Waals surface area contributed by atoms with E-state index >= 15 is 0 Å². The van der Waals surface area contributed by atoms with Gasteiger partial charge in [0.2, 0.25) is 0 Å². The van der Waals surface area contributed by atoms with Crippen LogP contribution in [-0.4, -0.2) is 6.17 Å². The topological polar surface area (TPSA) is 15.3 Å². The van der Waals surface area contributed by atoms with Crippen LogP contribution in [0, 0.1) is 5.92 Å². The first-order valence-electron chi connectivity index (χ1n) is 19.9. The van der Waals surface area contributed by atoms with E-state index in [1.54, 1.807) is 0 Å². The molecule has 55 heavy (non-hydrogen) atoms. The standard InChI is InChI=1S/C53H42N2/c1-2-18-40(19-3-1)55-50-27-11-10-26-49(50)54-53(55)38-30-28-35(29-31-38)39-32-33-47-48(34-39)52(44-25-13-17-37-15-5-7-21-42(37)44)46-23-9-8-22-45(46)51(47)43-24-12-16-36-14-4-6-20-41(36)43/h1-7,10-30,34,38,53-54H,8-9,31-33H2. The van der Waals surface area contributed by atoms with Crippen molar-refractivity contribution in [1.29, 1.82) is 0 Å². The SMILES string of the molecule is C1=CC(C2Nc3ccccc3N2c2ccccc2)CC=C1C1=Cc2c(c(-c3cccc4ccccc34)c3c(c2-c2cccc4ccccc24)=CCCC=3)CC1. The van der Waals surface area contributed by atoms with Gasteiger partial charge in [-0.1, -0.05) is 152 Å². The van der Waals surface area contributed by atoms with E-state index in [-0.39, 0.29) is 6.17 Å². The van der Waals surface area contributed by atoms with Crippen molar-refractivity contribution in [3.05, 3.63) is 190 Å². The second kappa shape index (κ2) is 13.2. The van der Waals surface area contributed by atoms with E-state index < -0.39 is 0 Å². The quantitative estimate of drug-likeness (QED) is 0.192. The second-order valence-electron chi connectivity index (χ2n) is 15.4. The highest BCUT2D eigenvalue weighted by Gasteiger charge is 2.35. The Morgan fingerprint density at radius 3 is 1.93 bits per heavy atom. The summed E-state index contributed by atoms with van der Waals surface area (Å²) in [5.74, 6) is 0.328. The molecular weight excluding hydrogens is 665 g/mol. The largest absolute Gasteiger partial charge is 0.363 e. The monoisotopic (exact) mass is 706 g/mol. The Bertz CT molecular complexity index is 2880. The van der Waals surface area contributed by atoms with Gasteiger partial charge in [-0.3, -0.25) is 0 Å². The predicted molar refractivity (Wildman–Crippen MR) is 234 cm³/mol. The lowest BCUT2D eigenvalue weighted by Gasteiger charge is -2.33.